The van der Waals surface area contributed by atoms with Crippen molar-refractivity contribution in [2.75, 3.05) is 13.1 Å². The number of benzene rings is 1. The second-order valence-electron chi connectivity index (χ2n) is 4.63. The molecule has 1 saturated heterocycles. The maximum Gasteiger partial charge on any atom is 0.253 e. The summed E-state index contributed by atoms with van der Waals surface area (Å²) in [7, 11) is 0. The predicted octanol–water partition coefficient (Wildman–Crippen LogP) is 2.79. The van der Waals surface area contributed by atoms with Gasteiger partial charge in [-0.1, -0.05) is 0 Å². The summed E-state index contributed by atoms with van der Waals surface area (Å²) in [6.07, 6.45) is 5.43. The van der Waals surface area contributed by atoms with Crippen LogP contribution >= 0.6 is 0 Å². The number of aromatic nitrogens is 1. The highest BCUT2D eigenvalue weighted by Crippen LogP contribution is 2.17. The van der Waals surface area contributed by atoms with Crippen LogP contribution in [0.4, 0.5) is 0 Å². The molecule has 0 aliphatic carbocycles. The molecule has 1 N–H and O–H groups in total. The van der Waals surface area contributed by atoms with Gasteiger partial charge in [0.1, 0.15) is 0 Å². The minimum atomic E-state index is 0.174. The van der Waals surface area contributed by atoms with E-state index >= 15 is 0 Å². The molecule has 17 heavy (non-hydrogen) atoms. The van der Waals surface area contributed by atoms with Gasteiger partial charge in [0.2, 0.25) is 0 Å². The first-order valence-electron chi connectivity index (χ1n) is 6.21. The summed E-state index contributed by atoms with van der Waals surface area (Å²) in [6.45, 7) is 1.81. The van der Waals surface area contributed by atoms with E-state index in [-0.39, 0.29) is 5.91 Å². The van der Waals surface area contributed by atoms with Crippen LogP contribution in [0.2, 0.25) is 0 Å². The first-order valence-corrected chi connectivity index (χ1v) is 6.21. The summed E-state index contributed by atoms with van der Waals surface area (Å²) in [4.78, 5) is 17.4. The summed E-state index contributed by atoms with van der Waals surface area (Å²) < 4.78 is 0. The molecule has 88 valence electrons. The number of fused-ring (bicyclic) bond motifs is 1. The molecule has 1 aromatic heterocycles. The summed E-state index contributed by atoms with van der Waals surface area (Å²) in [5.74, 6) is 0.174. The minimum Gasteiger partial charge on any atom is -0.361 e. The zero-order chi connectivity index (χ0) is 11.7. The lowest BCUT2D eigenvalue weighted by Gasteiger charge is -2.26. The fourth-order valence-electron chi connectivity index (χ4n) is 2.47. The van der Waals surface area contributed by atoms with Crippen LogP contribution in [0.1, 0.15) is 29.6 Å². The van der Waals surface area contributed by atoms with Crippen LogP contribution in [0.3, 0.4) is 0 Å². The van der Waals surface area contributed by atoms with E-state index in [9.17, 15) is 4.79 Å². The SMILES string of the molecule is O=[11C](c1ccc2[nH]ccc2c1)N1CCCCC1. The molecule has 1 aliphatic heterocycles. The first kappa shape index (κ1) is 10.4. The minimum absolute atomic E-state index is 0.174. The number of hydrogen-bond donors (Lipinski definition) is 1. The molecular formula is C14H16N2O. The molecular weight excluding hydrogens is 211 g/mol. The molecule has 0 spiro atoms. The molecule has 0 radical (unpaired) electrons. The molecule has 1 fully saturated rings. The molecule has 3 heteroatoms. The van der Waals surface area contributed by atoms with E-state index in [1.807, 2.05) is 35.4 Å². The van der Waals surface area contributed by atoms with E-state index in [0.717, 1.165) is 42.4 Å². The smallest absolute Gasteiger partial charge is 0.253 e. The Balaban J connectivity index is 1.88. The number of carbonyl (C=O) groups excluding carboxylic acids is 1. The molecule has 0 bridgehead atoms. The molecule has 3 nitrogen and oxygen atoms in total. The van der Waals surface area contributed by atoms with E-state index < -0.39 is 0 Å². The quantitative estimate of drug-likeness (QED) is 0.799. The Morgan fingerprint density at radius 1 is 1.12 bits per heavy atom. The van der Waals surface area contributed by atoms with Crippen LogP contribution in [-0.4, -0.2) is 28.9 Å². The number of likely N-dealkylation sites (tertiary alicyclic amines) is 1. The average Bonchev–Trinajstić information content (AvgIpc) is 2.86. The van der Waals surface area contributed by atoms with Crippen molar-refractivity contribution >= 4 is 16.8 Å². The number of hydrogen-bond acceptors (Lipinski definition) is 1. The van der Waals surface area contributed by atoms with Gasteiger partial charge >= 0.3 is 0 Å². The number of nitrogens with one attached hydrogen (secondary N) is 1. The van der Waals surface area contributed by atoms with Crippen LogP contribution < -0.4 is 0 Å². The zero-order valence-corrected chi connectivity index (χ0v) is 9.78. The molecule has 3 rings (SSSR count). The fraction of sp³-hybridized carbons (Fsp3) is 0.357. The van der Waals surface area contributed by atoms with Crippen molar-refractivity contribution in [3.8, 4) is 0 Å². The van der Waals surface area contributed by atoms with Crippen molar-refractivity contribution < 1.29 is 4.79 Å². The highest BCUT2D eigenvalue weighted by Gasteiger charge is 2.18. The van der Waals surface area contributed by atoms with E-state index in [1.165, 1.54) is 6.42 Å². The summed E-state index contributed by atoms with van der Waals surface area (Å²) in [6, 6.07) is 7.87. The van der Waals surface area contributed by atoms with E-state index in [1.54, 1.807) is 0 Å². The summed E-state index contributed by atoms with van der Waals surface area (Å²) in [5, 5.41) is 1.10. The van der Waals surface area contributed by atoms with Crippen molar-refractivity contribution in [3.63, 3.8) is 0 Å². The Hall–Kier alpha value is -1.77. The van der Waals surface area contributed by atoms with Gasteiger partial charge in [-0.15, -0.1) is 0 Å². The van der Waals surface area contributed by atoms with Crippen molar-refractivity contribution in [1.82, 2.24) is 9.88 Å². The molecule has 0 unspecified atom stereocenters. The first-order chi connectivity index (χ1) is 8.34. The highest BCUT2D eigenvalue weighted by molar-refractivity contribution is 5.98. The van der Waals surface area contributed by atoms with E-state index in [4.69, 9.17) is 0 Å². The van der Waals surface area contributed by atoms with Crippen LogP contribution in [0.5, 0.6) is 0 Å². The van der Waals surface area contributed by atoms with E-state index in [2.05, 4.69) is 4.98 Å². The lowest BCUT2D eigenvalue weighted by atomic mass is 9.84. The van der Waals surface area contributed by atoms with Gasteiger partial charge in [-0.3, -0.25) is 4.79 Å². The van der Waals surface area contributed by atoms with Crippen molar-refractivity contribution in [3.05, 3.63) is 36.0 Å². The number of carbonyl (C=O) groups is 1. The number of H-pyrrole nitrogens is 1. The van der Waals surface area contributed by atoms with Crippen molar-refractivity contribution in [2.24, 2.45) is 0 Å². The van der Waals surface area contributed by atoms with Gasteiger partial charge in [0.25, 0.3) is 5.91 Å². The number of aromatic amines is 1. The van der Waals surface area contributed by atoms with Gasteiger partial charge in [0.15, 0.2) is 0 Å². The largest absolute Gasteiger partial charge is 0.361 e. The maximum absolute atomic E-state index is 12.3. The molecule has 0 saturated carbocycles. The van der Waals surface area contributed by atoms with Gasteiger partial charge in [-0.25, -0.2) is 0 Å². The molecule has 2 heterocycles. The predicted molar refractivity (Wildman–Crippen MR) is 68.1 cm³/mol. The third kappa shape index (κ3) is 1.93. The van der Waals surface area contributed by atoms with Gasteiger partial charge in [0.05, 0.1) is 0 Å². The Kier molecular flexibility index (Phi) is 2.59. The highest BCUT2D eigenvalue weighted by atomic mass is 16.1. The molecule has 0 atom stereocenters. The van der Waals surface area contributed by atoms with Gasteiger partial charge in [0, 0.05) is 35.8 Å². The second kappa shape index (κ2) is 4.24. The third-order valence-electron chi connectivity index (χ3n) is 3.44. The number of nitrogens with zero attached hydrogens (tertiary/aromatic N) is 1. The lowest BCUT2D eigenvalue weighted by molar-refractivity contribution is 0.0724. The molecule has 1 amide bonds. The lowest BCUT2D eigenvalue weighted by Crippen LogP contribution is -2.35. The number of rotatable bonds is 1. The standard InChI is InChI=1S/C14H16N2O/c17-14(16-8-2-1-3-9-16)12-4-5-13-11(10-12)6-7-15-13/h4-7,10,15H,1-3,8-9H2/i14-1. The van der Waals surface area contributed by atoms with Gasteiger partial charge in [-0.2, -0.15) is 0 Å². The number of amides is 1. The zero-order valence-electron chi connectivity index (χ0n) is 9.78. The average molecular weight is 227 g/mol. The van der Waals surface area contributed by atoms with Crippen molar-refractivity contribution in [2.45, 2.75) is 19.3 Å². The van der Waals surface area contributed by atoms with Gasteiger partial charge in [-0.05, 0) is 43.5 Å². The van der Waals surface area contributed by atoms with Gasteiger partial charge < -0.3 is 9.88 Å². The monoisotopic (exact) mass is 227 g/mol. The second-order valence-corrected chi connectivity index (χ2v) is 4.63. The number of piperidine rings is 1. The molecule has 1 aromatic carbocycles. The summed E-state index contributed by atoms with van der Waals surface area (Å²) in [5.41, 5.74) is 1.89. The maximum atomic E-state index is 12.3. The fourth-order valence-corrected chi connectivity index (χ4v) is 2.47. The van der Waals surface area contributed by atoms with E-state index in [0.29, 0.717) is 0 Å². The van der Waals surface area contributed by atoms with Crippen LogP contribution in [0, 0.1) is 0 Å². The van der Waals surface area contributed by atoms with Crippen LogP contribution in [0.15, 0.2) is 30.5 Å². The Labute approximate surface area is 100 Å². The normalized spacial score (nSPS) is 16.4. The molecule has 2 aromatic rings. The van der Waals surface area contributed by atoms with Crippen LogP contribution in [-0.2, 0) is 0 Å². The third-order valence-corrected chi connectivity index (χ3v) is 3.44. The molecule has 1 aliphatic rings. The summed E-state index contributed by atoms with van der Waals surface area (Å²) >= 11 is 0. The van der Waals surface area contributed by atoms with Crippen molar-refractivity contribution in [1.29, 1.82) is 0 Å². The Morgan fingerprint density at radius 2 is 1.94 bits per heavy atom. The van der Waals surface area contributed by atoms with Crippen LogP contribution in [0.25, 0.3) is 10.9 Å². The topological polar surface area (TPSA) is 36.1 Å². The Bertz CT molecular complexity index is 538. The Morgan fingerprint density at radius 3 is 2.76 bits per heavy atom.